The quantitative estimate of drug-likeness (QED) is 0.530. The number of aryl methyl sites for hydroxylation is 2. The van der Waals surface area contributed by atoms with Crippen molar-refractivity contribution >= 4 is 23.2 Å². The van der Waals surface area contributed by atoms with Crippen LogP contribution in [-0.4, -0.2) is 18.5 Å². The summed E-state index contributed by atoms with van der Waals surface area (Å²) < 4.78 is 5.27. The number of hydrogen-bond donors (Lipinski definition) is 1. The average Bonchev–Trinajstić information content (AvgIpc) is 3.12. The maximum Gasteiger partial charge on any atom is 0.348 e. The highest BCUT2D eigenvalue weighted by atomic mass is 32.1. The molecule has 1 heterocycles. The first kappa shape index (κ1) is 20.8. The van der Waals surface area contributed by atoms with Crippen LogP contribution in [0.4, 0.5) is 0 Å². The van der Waals surface area contributed by atoms with Crippen LogP contribution >= 0.6 is 11.3 Å². The van der Waals surface area contributed by atoms with E-state index in [1.165, 1.54) is 16.9 Å². The summed E-state index contributed by atoms with van der Waals surface area (Å²) >= 11 is 1.42. The van der Waals surface area contributed by atoms with Crippen molar-refractivity contribution in [2.45, 2.75) is 32.7 Å². The molecule has 0 radical (unpaired) electrons. The Bertz CT molecular complexity index is 911. The lowest BCUT2D eigenvalue weighted by atomic mass is 9.99. The maximum atomic E-state index is 12.5. The highest BCUT2D eigenvalue weighted by molar-refractivity contribution is 7.14. The van der Waals surface area contributed by atoms with Gasteiger partial charge in [0.25, 0.3) is 5.91 Å². The predicted molar refractivity (Wildman–Crippen MR) is 116 cm³/mol. The van der Waals surface area contributed by atoms with Gasteiger partial charge in [-0.2, -0.15) is 0 Å². The summed E-state index contributed by atoms with van der Waals surface area (Å²) in [5.74, 6) is -0.787. The van der Waals surface area contributed by atoms with Crippen molar-refractivity contribution in [1.29, 1.82) is 0 Å². The normalized spacial score (nSPS) is 10.7. The van der Waals surface area contributed by atoms with Gasteiger partial charge in [-0.05, 0) is 36.1 Å². The molecule has 4 nitrogen and oxygen atoms in total. The van der Waals surface area contributed by atoms with Gasteiger partial charge in [0.15, 0.2) is 6.61 Å². The Kier molecular flexibility index (Phi) is 7.19. The van der Waals surface area contributed by atoms with Crippen LogP contribution in [0.1, 0.15) is 50.6 Å². The molecule has 3 aromatic rings. The fourth-order valence-corrected chi connectivity index (χ4v) is 4.16. The molecule has 1 N–H and O–H groups in total. The maximum absolute atomic E-state index is 12.5. The predicted octanol–water partition coefficient (Wildman–Crippen LogP) is 5.07. The zero-order chi connectivity index (χ0) is 20.6. The van der Waals surface area contributed by atoms with E-state index in [9.17, 15) is 9.59 Å². The van der Waals surface area contributed by atoms with Crippen molar-refractivity contribution < 1.29 is 14.3 Å². The van der Waals surface area contributed by atoms with Crippen LogP contribution in [0.15, 0.2) is 66.7 Å². The van der Waals surface area contributed by atoms with E-state index in [-0.39, 0.29) is 18.6 Å². The van der Waals surface area contributed by atoms with Gasteiger partial charge in [0.2, 0.25) is 0 Å². The second kappa shape index (κ2) is 10.0. The Morgan fingerprint density at radius 1 is 1.00 bits per heavy atom. The molecule has 5 heteroatoms. The zero-order valence-corrected chi connectivity index (χ0v) is 17.5. The lowest BCUT2D eigenvalue weighted by Crippen LogP contribution is -2.33. The fourth-order valence-electron chi connectivity index (χ4n) is 3.19. The molecule has 0 aliphatic rings. The molecule has 0 saturated heterocycles. The minimum Gasteiger partial charge on any atom is -0.451 e. The number of ether oxygens (including phenoxy) is 1. The van der Waals surface area contributed by atoms with Crippen molar-refractivity contribution in [3.8, 4) is 0 Å². The van der Waals surface area contributed by atoms with Gasteiger partial charge in [0, 0.05) is 4.88 Å². The van der Waals surface area contributed by atoms with Crippen molar-refractivity contribution in [2.75, 3.05) is 6.61 Å². The van der Waals surface area contributed by atoms with E-state index in [1.807, 2.05) is 73.7 Å². The number of amides is 1. The summed E-state index contributed by atoms with van der Waals surface area (Å²) in [6, 6.07) is 21.0. The van der Waals surface area contributed by atoms with E-state index in [1.54, 1.807) is 0 Å². The molecule has 0 atom stereocenters. The first-order chi connectivity index (χ1) is 14.1. The van der Waals surface area contributed by atoms with Crippen LogP contribution in [0, 0.1) is 6.92 Å². The van der Waals surface area contributed by atoms with Gasteiger partial charge in [0.05, 0.1) is 6.04 Å². The van der Waals surface area contributed by atoms with Crippen LogP contribution < -0.4 is 5.32 Å². The summed E-state index contributed by atoms with van der Waals surface area (Å²) in [5.41, 5.74) is 3.11. The number of carbonyl (C=O) groups excluding carboxylic acids is 2. The van der Waals surface area contributed by atoms with Crippen LogP contribution in [0.3, 0.4) is 0 Å². The van der Waals surface area contributed by atoms with Crippen molar-refractivity contribution in [3.05, 3.63) is 93.2 Å². The summed E-state index contributed by atoms with van der Waals surface area (Å²) in [6.07, 6.45) is 1.96. The number of hydrogen-bond acceptors (Lipinski definition) is 4. The van der Waals surface area contributed by atoms with Gasteiger partial charge < -0.3 is 10.1 Å². The number of nitrogens with one attached hydrogen (secondary N) is 1. The molecule has 1 amide bonds. The third-order valence-corrected chi connectivity index (χ3v) is 5.72. The minimum absolute atomic E-state index is 0.302. The molecule has 0 aliphatic heterocycles. The average molecular weight is 408 g/mol. The van der Waals surface area contributed by atoms with Gasteiger partial charge in [-0.15, -0.1) is 11.3 Å². The van der Waals surface area contributed by atoms with Gasteiger partial charge in [0.1, 0.15) is 4.88 Å². The molecule has 29 heavy (non-hydrogen) atoms. The largest absolute Gasteiger partial charge is 0.451 e. The van der Waals surface area contributed by atoms with Crippen LogP contribution in [-0.2, 0) is 16.0 Å². The van der Waals surface area contributed by atoms with Crippen LogP contribution in [0.2, 0.25) is 0 Å². The van der Waals surface area contributed by atoms with Gasteiger partial charge >= 0.3 is 5.97 Å². The van der Waals surface area contributed by atoms with E-state index in [4.69, 9.17) is 4.74 Å². The zero-order valence-electron chi connectivity index (χ0n) is 16.7. The summed E-state index contributed by atoms with van der Waals surface area (Å²) in [4.78, 5) is 26.5. The van der Waals surface area contributed by atoms with Gasteiger partial charge in [-0.3, -0.25) is 4.79 Å². The first-order valence-electron chi connectivity index (χ1n) is 9.74. The molecule has 150 valence electrons. The topological polar surface area (TPSA) is 55.4 Å². The lowest BCUT2D eigenvalue weighted by Gasteiger charge is -2.19. The second-order valence-electron chi connectivity index (χ2n) is 6.84. The van der Waals surface area contributed by atoms with Crippen molar-refractivity contribution in [2.24, 2.45) is 0 Å². The van der Waals surface area contributed by atoms with Gasteiger partial charge in [-0.1, -0.05) is 74.0 Å². The Balaban J connectivity index is 1.65. The third-order valence-electron chi connectivity index (χ3n) is 4.65. The Morgan fingerprint density at radius 3 is 2.14 bits per heavy atom. The molecule has 2 aromatic carbocycles. The summed E-state index contributed by atoms with van der Waals surface area (Å²) in [5, 5.41) is 2.98. The third kappa shape index (κ3) is 5.55. The van der Waals surface area contributed by atoms with Crippen LogP contribution in [0.25, 0.3) is 0 Å². The number of rotatable bonds is 8. The highest BCUT2D eigenvalue weighted by Crippen LogP contribution is 2.24. The lowest BCUT2D eigenvalue weighted by molar-refractivity contribution is -0.124. The standard InChI is InChI=1S/C24H25NO3S/c1-3-10-20-15-21(29-17(20)2)24(27)28-16-22(26)25-23(18-11-6-4-7-12-18)19-13-8-5-9-14-19/h4-9,11-15,23H,3,10,16H2,1-2H3,(H,25,26). The van der Waals surface area contributed by atoms with Crippen molar-refractivity contribution in [3.63, 3.8) is 0 Å². The number of carbonyl (C=O) groups is 2. The minimum atomic E-state index is -0.452. The second-order valence-corrected chi connectivity index (χ2v) is 8.10. The Labute approximate surface area is 175 Å². The fraction of sp³-hybridized carbons (Fsp3) is 0.250. The van der Waals surface area contributed by atoms with Crippen LogP contribution in [0.5, 0.6) is 0 Å². The van der Waals surface area contributed by atoms with Gasteiger partial charge in [-0.25, -0.2) is 4.79 Å². The molecule has 0 unspecified atom stereocenters. The highest BCUT2D eigenvalue weighted by Gasteiger charge is 2.19. The molecule has 0 saturated carbocycles. The smallest absolute Gasteiger partial charge is 0.348 e. The Morgan fingerprint density at radius 2 is 1.59 bits per heavy atom. The molecule has 1 aromatic heterocycles. The van der Waals surface area contributed by atoms with E-state index >= 15 is 0 Å². The molecular formula is C24H25NO3S. The van der Waals surface area contributed by atoms with Crippen molar-refractivity contribution in [1.82, 2.24) is 5.32 Å². The molecule has 0 aliphatic carbocycles. The summed E-state index contributed by atoms with van der Waals surface area (Å²) in [7, 11) is 0. The van der Waals surface area contributed by atoms with E-state index in [2.05, 4.69) is 12.2 Å². The molecule has 3 rings (SSSR count). The SMILES string of the molecule is CCCc1cc(C(=O)OCC(=O)NC(c2ccccc2)c2ccccc2)sc1C. The van der Waals surface area contributed by atoms with E-state index in [0.717, 1.165) is 28.8 Å². The number of thiophene rings is 1. The van der Waals surface area contributed by atoms with E-state index < -0.39 is 5.97 Å². The molecule has 0 bridgehead atoms. The molecular weight excluding hydrogens is 382 g/mol. The van der Waals surface area contributed by atoms with E-state index in [0.29, 0.717) is 4.88 Å². The number of esters is 1. The number of benzene rings is 2. The molecule has 0 spiro atoms. The summed E-state index contributed by atoms with van der Waals surface area (Å²) in [6.45, 7) is 3.80. The Hall–Kier alpha value is -2.92. The monoisotopic (exact) mass is 407 g/mol. The first-order valence-corrected chi connectivity index (χ1v) is 10.6. The molecule has 0 fully saturated rings.